The van der Waals surface area contributed by atoms with E-state index >= 15 is 0 Å². The van der Waals surface area contributed by atoms with Crippen LogP contribution in [0.4, 0.5) is 0 Å². The van der Waals surface area contributed by atoms with E-state index in [2.05, 4.69) is 79.8 Å². The van der Waals surface area contributed by atoms with Crippen molar-refractivity contribution in [3.63, 3.8) is 0 Å². The summed E-state index contributed by atoms with van der Waals surface area (Å²) in [5.41, 5.74) is 2.91. The fraction of sp³-hybridized carbons (Fsp3) is 0.733. The Kier molecular flexibility index (Phi) is 6.33. The van der Waals surface area contributed by atoms with Crippen molar-refractivity contribution in [3.8, 4) is 5.75 Å². The number of benzene rings is 1. The largest absolute Gasteiger partial charge is 0.543 e. The van der Waals surface area contributed by atoms with E-state index in [9.17, 15) is 0 Å². The van der Waals surface area contributed by atoms with Crippen molar-refractivity contribution < 1.29 is 18.5 Å². The van der Waals surface area contributed by atoms with Gasteiger partial charge in [0.25, 0.3) is 0 Å². The van der Waals surface area contributed by atoms with Gasteiger partial charge >= 0.3 is 7.12 Å². The van der Waals surface area contributed by atoms with Gasteiger partial charge in [-0.1, -0.05) is 26.8 Å². The fourth-order valence-electron chi connectivity index (χ4n) is 6.84. The summed E-state index contributed by atoms with van der Waals surface area (Å²) < 4.78 is 26.1. The van der Waals surface area contributed by atoms with Crippen LogP contribution in [0.3, 0.4) is 0 Å². The van der Waals surface area contributed by atoms with E-state index < -0.39 is 26.6 Å². The Morgan fingerprint density at radius 1 is 0.889 bits per heavy atom. The smallest absolute Gasteiger partial charge is 0.494 e. The normalized spacial score (nSPS) is 30.6. The molecule has 4 nitrogen and oxygen atoms in total. The first-order valence-electron chi connectivity index (χ1n) is 14.1. The second-order valence-electron chi connectivity index (χ2n) is 14.5. The minimum Gasteiger partial charge on any atom is -0.543 e. The molecule has 0 amide bonds. The molecule has 36 heavy (non-hydrogen) atoms. The van der Waals surface area contributed by atoms with Crippen LogP contribution in [0.5, 0.6) is 5.75 Å². The summed E-state index contributed by atoms with van der Waals surface area (Å²) in [7, 11) is -0.619. The van der Waals surface area contributed by atoms with E-state index in [1.165, 1.54) is 32.1 Å². The molecule has 5 fully saturated rings. The summed E-state index contributed by atoms with van der Waals surface area (Å²) >= 11 is 0. The van der Waals surface area contributed by atoms with Crippen LogP contribution < -0.4 is 9.89 Å². The molecule has 4 aliphatic carbocycles. The molecule has 6 rings (SSSR count). The second-order valence-corrected chi connectivity index (χ2v) is 19.3. The SMILES string of the molecule is COC(=C1C2CC3CC(C2)CC1C3)c1cc(O[Si](C)(C)C(C)(C)C)cc(B2OC(C)(C)C(C)(C)O2)c1. The Morgan fingerprint density at radius 2 is 1.42 bits per heavy atom. The molecule has 1 aromatic rings. The summed E-state index contributed by atoms with van der Waals surface area (Å²) in [5.74, 6) is 5.15. The minimum absolute atomic E-state index is 0.109. The summed E-state index contributed by atoms with van der Waals surface area (Å²) in [5, 5.41) is 0.109. The quantitative estimate of drug-likeness (QED) is 0.311. The maximum absolute atomic E-state index is 6.86. The topological polar surface area (TPSA) is 36.9 Å². The molecule has 4 saturated carbocycles. The summed E-state index contributed by atoms with van der Waals surface area (Å²) in [6, 6.07) is 6.59. The Hall–Kier alpha value is -1.24. The van der Waals surface area contributed by atoms with Crippen LogP contribution in [0.2, 0.25) is 18.1 Å². The van der Waals surface area contributed by atoms with E-state index in [4.69, 9.17) is 18.5 Å². The molecule has 0 N–H and O–H groups in total. The third-order valence-electron chi connectivity index (χ3n) is 10.4. The molecule has 1 aliphatic heterocycles. The van der Waals surface area contributed by atoms with Crippen LogP contribution >= 0.6 is 0 Å². The van der Waals surface area contributed by atoms with Crippen LogP contribution in [0, 0.1) is 23.7 Å². The van der Waals surface area contributed by atoms with Gasteiger partial charge in [0.15, 0.2) is 0 Å². The molecule has 4 bridgehead atoms. The number of rotatable bonds is 5. The molecule has 6 heteroatoms. The Labute approximate surface area is 220 Å². The van der Waals surface area contributed by atoms with Gasteiger partial charge < -0.3 is 18.5 Å². The van der Waals surface area contributed by atoms with E-state index in [-0.39, 0.29) is 5.04 Å². The predicted octanol–water partition coefficient (Wildman–Crippen LogP) is 7.18. The van der Waals surface area contributed by atoms with Crippen molar-refractivity contribution >= 4 is 26.7 Å². The lowest BCUT2D eigenvalue weighted by Crippen LogP contribution is -2.44. The molecule has 1 aromatic carbocycles. The standard InChI is InChI=1S/C30H47BO4Si/c1-28(2,3)36(9,10)33-25-17-23(16-24(18-25)31-34-29(4,5)30(6,7)35-31)27(32-8)26-21-12-19-11-20(14-21)15-22(26)13-19/h16-22H,11-15H2,1-10H3. The molecule has 1 saturated heterocycles. The fourth-order valence-corrected chi connectivity index (χ4v) is 7.85. The molecule has 0 spiro atoms. The lowest BCUT2D eigenvalue weighted by molar-refractivity contribution is 0.00578. The van der Waals surface area contributed by atoms with Gasteiger partial charge in [0, 0.05) is 5.56 Å². The van der Waals surface area contributed by atoms with Crippen molar-refractivity contribution in [1.82, 2.24) is 0 Å². The molecule has 0 radical (unpaired) electrons. The van der Waals surface area contributed by atoms with E-state index in [0.717, 1.165) is 34.4 Å². The van der Waals surface area contributed by atoms with Gasteiger partial charge in [-0.15, -0.1) is 0 Å². The van der Waals surface area contributed by atoms with Gasteiger partial charge in [-0.3, -0.25) is 0 Å². The average molecular weight is 511 g/mol. The number of allylic oxidation sites excluding steroid dienone is 1. The third-order valence-corrected chi connectivity index (χ3v) is 14.7. The first kappa shape index (κ1) is 26.4. The summed E-state index contributed by atoms with van der Waals surface area (Å²) in [4.78, 5) is 0. The zero-order valence-electron chi connectivity index (χ0n) is 24.3. The Bertz CT molecular complexity index is 1010. The molecule has 0 unspecified atom stereocenters. The van der Waals surface area contributed by atoms with Crippen LogP contribution in [0.1, 0.15) is 86.1 Å². The maximum Gasteiger partial charge on any atom is 0.494 e. The van der Waals surface area contributed by atoms with Crippen LogP contribution in [0.25, 0.3) is 5.76 Å². The number of hydrogen-bond donors (Lipinski definition) is 0. The first-order valence-corrected chi connectivity index (χ1v) is 17.0. The van der Waals surface area contributed by atoms with E-state index in [1.807, 2.05) is 7.11 Å². The van der Waals surface area contributed by atoms with Gasteiger partial charge in [-0.05, 0) is 125 Å². The lowest BCUT2D eigenvalue weighted by atomic mass is 9.54. The molecule has 5 aliphatic rings. The summed E-state index contributed by atoms with van der Waals surface area (Å²) in [6.45, 7) is 19.9. The van der Waals surface area contributed by atoms with Crippen molar-refractivity contribution in [2.45, 2.75) is 110 Å². The number of methoxy groups -OCH3 is 1. The first-order chi connectivity index (χ1) is 16.6. The van der Waals surface area contributed by atoms with Crippen LogP contribution in [-0.4, -0.2) is 33.7 Å². The van der Waals surface area contributed by atoms with E-state index in [1.54, 1.807) is 5.57 Å². The molecule has 0 aromatic heterocycles. The van der Waals surface area contributed by atoms with Crippen LogP contribution in [-0.2, 0) is 14.0 Å². The Balaban J connectivity index is 1.59. The van der Waals surface area contributed by atoms with Crippen molar-refractivity contribution in [3.05, 3.63) is 29.3 Å². The van der Waals surface area contributed by atoms with Crippen molar-refractivity contribution in [2.75, 3.05) is 7.11 Å². The highest BCUT2D eigenvalue weighted by atomic mass is 28.4. The van der Waals surface area contributed by atoms with Crippen molar-refractivity contribution in [2.24, 2.45) is 23.7 Å². The zero-order valence-corrected chi connectivity index (χ0v) is 25.3. The molecule has 1 heterocycles. The molecule has 0 atom stereocenters. The monoisotopic (exact) mass is 510 g/mol. The molecular weight excluding hydrogens is 463 g/mol. The third kappa shape index (κ3) is 4.49. The highest BCUT2D eigenvalue weighted by Crippen LogP contribution is 2.58. The highest BCUT2D eigenvalue weighted by Gasteiger charge is 2.52. The van der Waals surface area contributed by atoms with E-state index in [0.29, 0.717) is 11.8 Å². The van der Waals surface area contributed by atoms with Crippen molar-refractivity contribution in [1.29, 1.82) is 0 Å². The van der Waals surface area contributed by atoms with Gasteiger partial charge in [0.05, 0.1) is 18.3 Å². The summed E-state index contributed by atoms with van der Waals surface area (Å²) in [6.07, 6.45) is 6.78. The van der Waals surface area contributed by atoms with Gasteiger partial charge in [-0.2, -0.15) is 0 Å². The molecular formula is C30H47BO4Si. The highest BCUT2D eigenvalue weighted by molar-refractivity contribution is 6.74. The Morgan fingerprint density at radius 3 is 1.89 bits per heavy atom. The predicted molar refractivity (Wildman–Crippen MR) is 151 cm³/mol. The van der Waals surface area contributed by atoms with Gasteiger partial charge in [0.1, 0.15) is 11.5 Å². The number of ether oxygens (including phenoxy) is 1. The van der Waals surface area contributed by atoms with Gasteiger partial charge in [-0.25, -0.2) is 0 Å². The second kappa shape index (κ2) is 8.64. The lowest BCUT2D eigenvalue weighted by Gasteiger charge is -2.51. The number of hydrogen-bond acceptors (Lipinski definition) is 4. The minimum atomic E-state index is -2.04. The average Bonchev–Trinajstić information content (AvgIpc) is 2.96. The van der Waals surface area contributed by atoms with Crippen LogP contribution in [0.15, 0.2) is 23.8 Å². The molecule has 198 valence electrons. The zero-order chi connectivity index (χ0) is 26.3. The van der Waals surface area contributed by atoms with Gasteiger partial charge in [0.2, 0.25) is 8.32 Å². The maximum atomic E-state index is 6.86.